The normalized spacial score (nSPS) is 10.5. The molecule has 0 aliphatic rings. The van der Waals surface area contributed by atoms with Crippen LogP contribution >= 0.6 is 23.2 Å². The van der Waals surface area contributed by atoms with Crippen molar-refractivity contribution in [1.82, 2.24) is 5.32 Å². The van der Waals surface area contributed by atoms with Crippen LogP contribution in [0.1, 0.15) is 5.56 Å². The van der Waals surface area contributed by atoms with Crippen molar-refractivity contribution in [2.75, 3.05) is 11.9 Å². The number of anilines is 1. The number of halogens is 2. The zero-order valence-corrected chi connectivity index (χ0v) is 15.3. The maximum atomic E-state index is 12.2. The van der Waals surface area contributed by atoms with Crippen LogP contribution in [0.5, 0.6) is 0 Å². The molecule has 0 spiro atoms. The molecule has 0 aliphatic heterocycles. The molecule has 4 nitrogen and oxygen atoms in total. The quantitative estimate of drug-likeness (QED) is 0.680. The van der Waals surface area contributed by atoms with Gasteiger partial charge < -0.3 is 10.6 Å². The molecule has 0 bridgehead atoms. The topological polar surface area (TPSA) is 58.2 Å². The van der Waals surface area contributed by atoms with Crippen LogP contribution in [0.25, 0.3) is 10.8 Å². The molecule has 0 aliphatic carbocycles. The average Bonchev–Trinajstić information content (AvgIpc) is 2.63. The molecule has 2 amide bonds. The lowest BCUT2D eigenvalue weighted by atomic mass is 10.0. The van der Waals surface area contributed by atoms with Gasteiger partial charge in [-0.2, -0.15) is 0 Å². The second-order valence-electron chi connectivity index (χ2n) is 5.77. The van der Waals surface area contributed by atoms with Gasteiger partial charge in [-0.3, -0.25) is 9.59 Å². The first-order valence-electron chi connectivity index (χ1n) is 8.01. The second kappa shape index (κ2) is 8.21. The van der Waals surface area contributed by atoms with E-state index in [4.69, 9.17) is 23.2 Å². The number of benzene rings is 3. The van der Waals surface area contributed by atoms with Crippen LogP contribution in [0.15, 0.2) is 60.7 Å². The van der Waals surface area contributed by atoms with Crippen molar-refractivity contribution in [3.8, 4) is 0 Å². The molecule has 0 aromatic heterocycles. The Bertz CT molecular complexity index is 968. The largest absolute Gasteiger partial charge is 0.347 e. The minimum Gasteiger partial charge on any atom is -0.347 e. The molecule has 3 rings (SSSR count). The van der Waals surface area contributed by atoms with Crippen LogP contribution < -0.4 is 10.6 Å². The first-order valence-corrected chi connectivity index (χ1v) is 8.77. The summed E-state index contributed by atoms with van der Waals surface area (Å²) in [6.07, 6.45) is 0.210. The van der Waals surface area contributed by atoms with Gasteiger partial charge in [0.2, 0.25) is 11.8 Å². The minimum absolute atomic E-state index is 0.121. The molecular formula is C20H16Cl2N2O2. The summed E-state index contributed by atoms with van der Waals surface area (Å²) in [5.41, 5.74) is 1.44. The van der Waals surface area contributed by atoms with Crippen LogP contribution in [0.2, 0.25) is 10.0 Å². The molecule has 0 fully saturated rings. The lowest BCUT2D eigenvalue weighted by Gasteiger charge is -2.09. The van der Waals surface area contributed by atoms with Crippen LogP contribution in [0.3, 0.4) is 0 Å². The molecule has 3 aromatic rings. The summed E-state index contributed by atoms with van der Waals surface area (Å²) in [5.74, 6) is -0.555. The van der Waals surface area contributed by atoms with Crippen LogP contribution in [0.4, 0.5) is 5.69 Å². The zero-order chi connectivity index (χ0) is 18.5. The number of hydrogen-bond donors (Lipinski definition) is 2. The number of nitrogens with one attached hydrogen (secondary N) is 2. The standard InChI is InChI=1S/C20H16Cl2N2O2/c21-17-9-8-15(11-18(17)22)24-20(26)12-23-19(25)10-14-6-3-5-13-4-1-2-7-16(13)14/h1-9,11H,10,12H2,(H,23,25)(H,24,26). The summed E-state index contributed by atoms with van der Waals surface area (Å²) in [7, 11) is 0. The van der Waals surface area contributed by atoms with E-state index in [-0.39, 0.29) is 24.8 Å². The van der Waals surface area contributed by atoms with Gasteiger partial charge in [-0.1, -0.05) is 65.7 Å². The molecule has 0 heterocycles. The van der Waals surface area contributed by atoms with Gasteiger partial charge in [0.15, 0.2) is 0 Å². The molecule has 132 valence electrons. The second-order valence-corrected chi connectivity index (χ2v) is 6.58. The number of hydrogen-bond acceptors (Lipinski definition) is 2. The van der Waals surface area contributed by atoms with Gasteiger partial charge in [-0.25, -0.2) is 0 Å². The van der Waals surface area contributed by atoms with Crippen molar-refractivity contribution in [3.63, 3.8) is 0 Å². The fraction of sp³-hybridized carbons (Fsp3) is 0.100. The van der Waals surface area contributed by atoms with E-state index in [1.54, 1.807) is 18.2 Å². The van der Waals surface area contributed by atoms with Crippen molar-refractivity contribution < 1.29 is 9.59 Å². The molecule has 0 saturated carbocycles. The number of carbonyl (C=O) groups excluding carboxylic acids is 2. The fourth-order valence-corrected chi connectivity index (χ4v) is 2.94. The van der Waals surface area contributed by atoms with Crippen LogP contribution in [0, 0.1) is 0 Å². The van der Waals surface area contributed by atoms with E-state index in [9.17, 15) is 9.59 Å². The van der Waals surface area contributed by atoms with Gasteiger partial charge in [0.25, 0.3) is 0 Å². The number of fused-ring (bicyclic) bond motifs is 1. The minimum atomic E-state index is -0.338. The van der Waals surface area contributed by atoms with Crippen molar-refractivity contribution >= 4 is 51.5 Å². The Balaban J connectivity index is 1.56. The summed E-state index contributed by atoms with van der Waals surface area (Å²) in [5, 5.41) is 8.17. The lowest BCUT2D eigenvalue weighted by molar-refractivity contribution is -0.123. The van der Waals surface area contributed by atoms with Crippen LogP contribution in [-0.4, -0.2) is 18.4 Å². The Hall–Kier alpha value is -2.56. The maximum Gasteiger partial charge on any atom is 0.243 e. The third kappa shape index (κ3) is 4.54. The summed E-state index contributed by atoms with van der Waals surface area (Å²) in [4.78, 5) is 24.2. The number of rotatable bonds is 5. The molecule has 2 N–H and O–H groups in total. The predicted molar refractivity (Wildman–Crippen MR) is 106 cm³/mol. The SMILES string of the molecule is O=C(Cc1cccc2ccccc12)NCC(=O)Nc1ccc(Cl)c(Cl)c1. The van der Waals surface area contributed by atoms with Gasteiger partial charge in [0.05, 0.1) is 23.0 Å². The summed E-state index contributed by atoms with van der Waals surface area (Å²) < 4.78 is 0. The molecule has 0 radical (unpaired) electrons. The van der Waals surface area contributed by atoms with Crippen LogP contribution in [-0.2, 0) is 16.0 Å². The Morgan fingerprint density at radius 1 is 0.846 bits per heavy atom. The van der Waals surface area contributed by atoms with Gasteiger partial charge in [0, 0.05) is 5.69 Å². The number of carbonyl (C=O) groups is 2. The molecule has 26 heavy (non-hydrogen) atoms. The van der Waals surface area contributed by atoms with Gasteiger partial charge in [0.1, 0.15) is 0 Å². The Morgan fingerprint density at radius 3 is 2.42 bits per heavy atom. The van der Waals surface area contributed by atoms with E-state index in [2.05, 4.69) is 10.6 Å². The van der Waals surface area contributed by atoms with Crippen molar-refractivity contribution in [1.29, 1.82) is 0 Å². The molecular weight excluding hydrogens is 371 g/mol. The van der Waals surface area contributed by atoms with E-state index in [1.807, 2.05) is 42.5 Å². The number of amides is 2. The summed E-state index contributed by atoms with van der Waals surface area (Å²) >= 11 is 11.7. The smallest absolute Gasteiger partial charge is 0.243 e. The highest BCUT2D eigenvalue weighted by Gasteiger charge is 2.09. The summed E-state index contributed by atoms with van der Waals surface area (Å²) in [6, 6.07) is 18.5. The first kappa shape index (κ1) is 18.2. The van der Waals surface area contributed by atoms with E-state index in [0.717, 1.165) is 16.3 Å². The third-order valence-corrected chi connectivity index (χ3v) is 4.62. The van der Waals surface area contributed by atoms with Gasteiger partial charge in [-0.05, 0) is 34.5 Å². The highest BCUT2D eigenvalue weighted by molar-refractivity contribution is 6.42. The van der Waals surface area contributed by atoms with Crippen molar-refractivity contribution in [2.45, 2.75) is 6.42 Å². The fourth-order valence-electron chi connectivity index (χ4n) is 2.64. The van der Waals surface area contributed by atoms with Crippen molar-refractivity contribution in [3.05, 3.63) is 76.3 Å². The summed E-state index contributed by atoms with van der Waals surface area (Å²) in [6.45, 7) is -0.121. The highest BCUT2D eigenvalue weighted by Crippen LogP contribution is 2.24. The van der Waals surface area contributed by atoms with Gasteiger partial charge in [-0.15, -0.1) is 0 Å². The third-order valence-electron chi connectivity index (χ3n) is 3.88. The Kier molecular flexibility index (Phi) is 5.76. The Labute approximate surface area is 161 Å². The lowest BCUT2D eigenvalue weighted by Crippen LogP contribution is -2.33. The Morgan fingerprint density at radius 2 is 1.62 bits per heavy atom. The van der Waals surface area contributed by atoms with E-state index < -0.39 is 0 Å². The predicted octanol–water partition coefficient (Wildman–Crippen LogP) is 4.44. The first-order chi connectivity index (χ1) is 12.5. The van der Waals surface area contributed by atoms with E-state index >= 15 is 0 Å². The molecule has 6 heteroatoms. The van der Waals surface area contributed by atoms with E-state index in [0.29, 0.717) is 15.7 Å². The molecule has 0 unspecified atom stereocenters. The van der Waals surface area contributed by atoms with Crippen molar-refractivity contribution in [2.24, 2.45) is 0 Å². The monoisotopic (exact) mass is 386 g/mol. The van der Waals surface area contributed by atoms with Gasteiger partial charge >= 0.3 is 0 Å². The average molecular weight is 387 g/mol. The molecule has 0 atom stereocenters. The van der Waals surface area contributed by atoms with E-state index in [1.165, 1.54) is 0 Å². The molecule has 3 aromatic carbocycles. The molecule has 0 saturated heterocycles. The highest BCUT2D eigenvalue weighted by atomic mass is 35.5. The maximum absolute atomic E-state index is 12.2. The zero-order valence-electron chi connectivity index (χ0n) is 13.8.